The SMILES string of the molecule is COc1cccc(CNCc2cnc(N3CCOCC3)nc2)c1.Cl. The number of hydrogen-bond donors (Lipinski definition) is 1. The number of nitrogens with zero attached hydrogens (tertiary/aromatic N) is 3. The van der Waals surface area contributed by atoms with E-state index in [-0.39, 0.29) is 12.4 Å². The van der Waals surface area contributed by atoms with Crippen LogP contribution in [0.4, 0.5) is 5.95 Å². The third kappa shape index (κ3) is 5.06. The lowest BCUT2D eigenvalue weighted by molar-refractivity contribution is 0.122. The van der Waals surface area contributed by atoms with Gasteiger partial charge in [-0.25, -0.2) is 9.97 Å². The second-order valence-corrected chi connectivity index (χ2v) is 5.45. The summed E-state index contributed by atoms with van der Waals surface area (Å²) in [5, 5.41) is 3.40. The zero-order chi connectivity index (χ0) is 15.9. The van der Waals surface area contributed by atoms with Crippen LogP contribution >= 0.6 is 12.4 Å². The minimum Gasteiger partial charge on any atom is -0.497 e. The maximum absolute atomic E-state index is 5.34. The van der Waals surface area contributed by atoms with Crippen LogP contribution in [0.2, 0.25) is 0 Å². The van der Waals surface area contributed by atoms with Gasteiger partial charge in [0.25, 0.3) is 0 Å². The summed E-state index contributed by atoms with van der Waals surface area (Å²) in [5.41, 5.74) is 2.26. The highest BCUT2D eigenvalue weighted by Gasteiger charge is 2.13. The average Bonchev–Trinajstić information content (AvgIpc) is 2.63. The Morgan fingerprint density at radius 1 is 1.12 bits per heavy atom. The first kappa shape index (κ1) is 18.4. The molecule has 1 N–H and O–H groups in total. The highest BCUT2D eigenvalue weighted by molar-refractivity contribution is 5.85. The first-order valence-electron chi connectivity index (χ1n) is 7.82. The van der Waals surface area contributed by atoms with Crippen LogP contribution in [0, 0.1) is 0 Å². The van der Waals surface area contributed by atoms with E-state index in [1.165, 1.54) is 5.56 Å². The maximum atomic E-state index is 5.34. The largest absolute Gasteiger partial charge is 0.497 e. The molecule has 1 aliphatic heterocycles. The third-order valence-electron chi connectivity index (χ3n) is 3.78. The summed E-state index contributed by atoms with van der Waals surface area (Å²) in [6.07, 6.45) is 3.77. The maximum Gasteiger partial charge on any atom is 0.225 e. The van der Waals surface area contributed by atoms with Crippen LogP contribution in [0.3, 0.4) is 0 Å². The summed E-state index contributed by atoms with van der Waals surface area (Å²) >= 11 is 0. The highest BCUT2D eigenvalue weighted by atomic mass is 35.5. The normalized spacial score (nSPS) is 14.1. The Morgan fingerprint density at radius 3 is 2.54 bits per heavy atom. The number of benzene rings is 1. The van der Waals surface area contributed by atoms with Crippen LogP contribution in [0.1, 0.15) is 11.1 Å². The molecular weight excluding hydrogens is 328 g/mol. The van der Waals surface area contributed by atoms with Crippen molar-refractivity contribution >= 4 is 18.4 Å². The molecule has 0 bridgehead atoms. The lowest BCUT2D eigenvalue weighted by Gasteiger charge is -2.26. The van der Waals surface area contributed by atoms with Gasteiger partial charge in [-0.05, 0) is 17.7 Å². The molecule has 0 atom stereocenters. The van der Waals surface area contributed by atoms with Crippen LogP contribution in [0.5, 0.6) is 5.75 Å². The number of anilines is 1. The molecule has 24 heavy (non-hydrogen) atoms. The van der Waals surface area contributed by atoms with E-state index in [2.05, 4.69) is 26.3 Å². The monoisotopic (exact) mass is 350 g/mol. The van der Waals surface area contributed by atoms with Crippen LogP contribution < -0.4 is 15.0 Å². The van der Waals surface area contributed by atoms with E-state index < -0.39 is 0 Å². The van der Waals surface area contributed by atoms with Gasteiger partial charge < -0.3 is 19.7 Å². The Labute approximate surface area is 148 Å². The van der Waals surface area contributed by atoms with Crippen LogP contribution in [0.25, 0.3) is 0 Å². The first-order valence-corrected chi connectivity index (χ1v) is 7.82. The molecule has 0 spiro atoms. The summed E-state index contributed by atoms with van der Waals surface area (Å²) < 4.78 is 10.6. The zero-order valence-corrected chi connectivity index (χ0v) is 14.6. The smallest absolute Gasteiger partial charge is 0.225 e. The van der Waals surface area contributed by atoms with Gasteiger partial charge >= 0.3 is 0 Å². The van der Waals surface area contributed by atoms with Gasteiger partial charge in [0.2, 0.25) is 5.95 Å². The minimum absolute atomic E-state index is 0. The molecule has 1 fully saturated rings. The predicted octanol–water partition coefficient (Wildman–Crippen LogP) is 2.03. The zero-order valence-electron chi connectivity index (χ0n) is 13.8. The van der Waals surface area contributed by atoms with E-state index in [0.29, 0.717) is 0 Å². The Morgan fingerprint density at radius 2 is 1.83 bits per heavy atom. The molecule has 0 radical (unpaired) electrons. The standard InChI is InChI=1S/C17H22N4O2.ClH/c1-22-16-4-2-3-14(9-16)10-18-11-15-12-19-17(20-13-15)21-5-7-23-8-6-21;/h2-4,9,12-13,18H,5-8,10-11H2,1H3;1H. The molecule has 1 aromatic carbocycles. The predicted molar refractivity (Wildman–Crippen MR) is 95.8 cm³/mol. The van der Waals surface area contributed by atoms with E-state index in [0.717, 1.165) is 56.7 Å². The molecule has 0 amide bonds. The van der Waals surface area contributed by atoms with E-state index in [1.807, 2.05) is 30.6 Å². The van der Waals surface area contributed by atoms with Crippen molar-refractivity contribution in [3.8, 4) is 5.75 Å². The van der Waals surface area contributed by atoms with E-state index in [4.69, 9.17) is 9.47 Å². The van der Waals surface area contributed by atoms with Crippen molar-refractivity contribution in [2.75, 3.05) is 38.3 Å². The van der Waals surface area contributed by atoms with Gasteiger partial charge in [0.15, 0.2) is 0 Å². The van der Waals surface area contributed by atoms with Gasteiger partial charge in [-0.1, -0.05) is 12.1 Å². The Balaban J connectivity index is 0.00000208. The summed E-state index contributed by atoms with van der Waals surface area (Å²) in [6.45, 7) is 4.71. The van der Waals surface area contributed by atoms with Crippen molar-refractivity contribution in [2.45, 2.75) is 13.1 Å². The second-order valence-electron chi connectivity index (χ2n) is 5.45. The van der Waals surface area contributed by atoms with Crippen molar-refractivity contribution < 1.29 is 9.47 Å². The molecule has 1 aliphatic rings. The number of halogens is 1. The topological polar surface area (TPSA) is 59.5 Å². The number of methoxy groups -OCH3 is 1. The summed E-state index contributed by atoms with van der Waals surface area (Å²) in [5.74, 6) is 1.66. The van der Waals surface area contributed by atoms with Crippen molar-refractivity contribution in [2.24, 2.45) is 0 Å². The molecule has 6 nitrogen and oxygen atoms in total. The van der Waals surface area contributed by atoms with Gasteiger partial charge in [-0.3, -0.25) is 0 Å². The highest BCUT2D eigenvalue weighted by Crippen LogP contribution is 2.13. The fourth-order valence-corrected chi connectivity index (χ4v) is 2.50. The quantitative estimate of drug-likeness (QED) is 0.860. The molecule has 0 unspecified atom stereocenters. The van der Waals surface area contributed by atoms with E-state index >= 15 is 0 Å². The average molecular weight is 351 g/mol. The molecule has 2 aromatic rings. The summed E-state index contributed by atoms with van der Waals surface area (Å²) in [6, 6.07) is 8.05. The van der Waals surface area contributed by atoms with Gasteiger partial charge in [0.1, 0.15) is 5.75 Å². The van der Waals surface area contributed by atoms with Crippen LogP contribution in [0.15, 0.2) is 36.7 Å². The van der Waals surface area contributed by atoms with Gasteiger partial charge in [0.05, 0.1) is 20.3 Å². The van der Waals surface area contributed by atoms with Gasteiger partial charge in [-0.2, -0.15) is 0 Å². The van der Waals surface area contributed by atoms with Gasteiger partial charge in [-0.15, -0.1) is 12.4 Å². The lowest BCUT2D eigenvalue weighted by Crippen LogP contribution is -2.37. The van der Waals surface area contributed by atoms with Crippen molar-refractivity contribution in [1.82, 2.24) is 15.3 Å². The molecule has 0 aliphatic carbocycles. The molecule has 2 heterocycles. The van der Waals surface area contributed by atoms with Crippen molar-refractivity contribution in [1.29, 1.82) is 0 Å². The molecular formula is C17H23ClN4O2. The van der Waals surface area contributed by atoms with Crippen molar-refractivity contribution in [3.63, 3.8) is 0 Å². The molecule has 1 saturated heterocycles. The first-order chi connectivity index (χ1) is 11.3. The van der Waals surface area contributed by atoms with Crippen LogP contribution in [-0.2, 0) is 17.8 Å². The Bertz CT molecular complexity index is 618. The molecule has 7 heteroatoms. The molecule has 130 valence electrons. The number of rotatable bonds is 6. The van der Waals surface area contributed by atoms with Gasteiger partial charge in [0, 0.05) is 44.1 Å². The number of aromatic nitrogens is 2. The van der Waals surface area contributed by atoms with E-state index in [1.54, 1.807) is 7.11 Å². The van der Waals surface area contributed by atoms with Crippen molar-refractivity contribution in [3.05, 3.63) is 47.8 Å². The third-order valence-corrected chi connectivity index (χ3v) is 3.78. The number of nitrogens with one attached hydrogen (secondary N) is 1. The Hall–Kier alpha value is -1.89. The summed E-state index contributed by atoms with van der Waals surface area (Å²) in [4.78, 5) is 11.1. The molecule has 1 aromatic heterocycles. The number of ether oxygens (including phenoxy) is 2. The Kier molecular flexibility index (Phi) is 7.24. The second kappa shape index (κ2) is 9.42. The fourth-order valence-electron chi connectivity index (χ4n) is 2.50. The summed E-state index contributed by atoms with van der Waals surface area (Å²) in [7, 11) is 1.68. The molecule has 3 rings (SSSR count). The molecule has 0 saturated carbocycles. The number of hydrogen-bond acceptors (Lipinski definition) is 6. The minimum atomic E-state index is 0. The lowest BCUT2D eigenvalue weighted by atomic mass is 10.2. The van der Waals surface area contributed by atoms with Crippen LogP contribution in [-0.4, -0.2) is 43.4 Å². The fraction of sp³-hybridized carbons (Fsp3) is 0.412. The van der Waals surface area contributed by atoms with E-state index in [9.17, 15) is 0 Å². The number of morpholine rings is 1.